The molecule has 0 aliphatic heterocycles. The van der Waals surface area contributed by atoms with Crippen LogP contribution >= 0.6 is 0 Å². The van der Waals surface area contributed by atoms with Crippen LogP contribution in [0.3, 0.4) is 0 Å². The third kappa shape index (κ3) is 3.77. The second-order valence-corrected chi connectivity index (χ2v) is 11.3. The average Bonchev–Trinajstić information content (AvgIpc) is 3.08. The number of hydrogen-bond donors (Lipinski definition) is 1. The molecule has 9 atom stereocenters. The van der Waals surface area contributed by atoms with Crippen LogP contribution in [0.1, 0.15) is 78.6 Å². The Morgan fingerprint density at radius 1 is 1.14 bits per heavy atom. The largest absolute Gasteiger partial charge is 0.403 e. The van der Waals surface area contributed by atoms with Gasteiger partial charge < -0.3 is 5.73 Å². The Morgan fingerprint density at radius 3 is 2.69 bits per heavy atom. The van der Waals surface area contributed by atoms with E-state index in [2.05, 4.69) is 31.8 Å². The normalized spacial score (nSPS) is 45.9. The maximum Gasteiger partial charge on any atom is 0.102 e. The van der Waals surface area contributed by atoms with Crippen molar-refractivity contribution < 1.29 is 0 Å². The fourth-order valence-electron chi connectivity index (χ4n) is 8.62. The maximum atomic E-state index is 9.02. The van der Waals surface area contributed by atoms with Gasteiger partial charge in [0, 0.05) is 19.0 Å². The van der Waals surface area contributed by atoms with Crippen LogP contribution in [0.15, 0.2) is 16.8 Å². The number of allylic oxidation sites excluding steroid dienone is 1. The second kappa shape index (κ2) is 8.44. The van der Waals surface area contributed by atoms with Crippen molar-refractivity contribution in [2.45, 2.75) is 78.6 Å². The van der Waals surface area contributed by atoms with E-state index in [9.17, 15) is 0 Å². The topological polar surface area (TPSA) is 62.2 Å². The Balaban J connectivity index is 1.43. The predicted molar refractivity (Wildman–Crippen MR) is 120 cm³/mol. The van der Waals surface area contributed by atoms with Crippen LogP contribution < -0.4 is 5.73 Å². The summed E-state index contributed by atoms with van der Waals surface area (Å²) in [6.07, 6.45) is 16.3. The van der Waals surface area contributed by atoms with Crippen molar-refractivity contribution >= 4 is 6.21 Å². The summed E-state index contributed by atoms with van der Waals surface area (Å²) < 4.78 is 0. The zero-order valence-corrected chi connectivity index (χ0v) is 18.8. The van der Waals surface area contributed by atoms with E-state index in [0.717, 1.165) is 48.0 Å². The van der Waals surface area contributed by atoms with Gasteiger partial charge in [-0.25, -0.2) is 0 Å². The Hall–Kier alpha value is -1.30. The molecule has 0 spiro atoms. The van der Waals surface area contributed by atoms with Crippen molar-refractivity contribution in [3.63, 3.8) is 0 Å². The monoisotopic (exact) mass is 395 g/mol. The summed E-state index contributed by atoms with van der Waals surface area (Å²) in [5, 5.41) is 9.02. The number of fused-ring (bicyclic) bond motifs is 5. The van der Waals surface area contributed by atoms with Gasteiger partial charge in [-0.3, -0.25) is 4.99 Å². The number of nitrogens with zero attached hydrogens (tertiary/aromatic N) is 2. The van der Waals surface area contributed by atoms with Gasteiger partial charge in [0.2, 0.25) is 0 Å². The van der Waals surface area contributed by atoms with Crippen LogP contribution in [0.25, 0.3) is 0 Å². The fraction of sp³-hybridized carbons (Fsp3) is 0.846. The Bertz CT molecular complexity index is 689. The lowest BCUT2D eigenvalue weighted by atomic mass is 9.49. The molecule has 4 aliphatic carbocycles. The highest BCUT2D eigenvalue weighted by Gasteiger charge is 2.57. The molecule has 4 fully saturated rings. The van der Waals surface area contributed by atoms with Crippen LogP contribution in [-0.4, -0.2) is 12.8 Å². The minimum Gasteiger partial charge on any atom is -0.403 e. The molecule has 4 aliphatic rings. The van der Waals surface area contributed by atoms with Crippen molar-refractivity contribution in [1.82, 2.24) is 0 Å². The van der Waals surface area contributed by atoms with Crippen molar-refractivity contribution in [2.75, 3.05) is 6.54 Å². The van der Waals surface area contributed by atoms with E-state index >= 15 is 0 Å². The molecule has 3 nitrogen and oxygen atoms in total. The molecular formula is C26H41N3. The van der Waals surface area contributed by atoms with Gasteiger partial charge in [-0.1, -0.05) is 27.2 Å². The quantitative estimate of drug-likeness (QED) is 0.471. The molecule has 0 bridgehead atoms. The van der Waals surface area contributed by atoms with E-state index in [-0.39, 0.29) is 0 Å². The Kier molecular flexibility index (Phi) is 6.10. The molecule has 4 rings (SSSR count). The summed E-state index contributed by atoms with van der Waals surface area (Å²) in [4.78, 5) is 4.57. The average molecular weight is 396 g/mol. The molecule has 9 unspecified atom stereocenters. The predicted octanol–water partition coefficient (Wildman–Crippen LogP) is 5.96. The van der Waals surface area contributed by atoms with E-state index in [1.807, 2.05) is 0 Å². The summed E-state index contributed by atoms with van der Waals surface area (Å²) in [6.45, 7) is 8.32. The van der Waals surface area contributed by atoms with Gasteiger partial charge in [0.15, 0.2) is 0 Å². The van der Waals surface area contributed by atoms with Crippen LogP contribution in [-0.2, 0) is 0 Å². The van der Waals surface area contributed by atoms with Crippen LogP contribution in [0.5, 0.6) is 0 Å². The first-order valence-electron chi connectivity index (χ1n) is 12.3. The maximum absolute atomic E-state index is 9.02. The SMILES string of the molecule is CC1CCC2C(CCC3C2CCC2(C)C(C(C)CN=C/C(C#N)=C\N)CCC32)C1. The summed E-state index contributed by atoms with van der Waals surface area (Å²) in [5.74, 6) is 7.38. The molecular weight excluding hydrogens is 354 g/mol. The Morgan fingerprint density at radius 2 is 1.93 bits per heavy atom. The van der Waals surface area contributed by atoms with Gasteiger partial charge in [0.25, 0.3) is 0 Å². The highest BCUT2D eigenvalue weighted by molar-refractivity contribution is 5.83. The van der Waals surface area contributed by atoms with Crippen molar-refractivity contribution in [3.8, 4) is 6.07 Å². The summed E-state index contributed by atoms with van der Waals surface area (Å²) in [5.41, 5.74) is 6.44. The van der Waals surface area contributed by atoms with Gasteiger partial charge in [-0.2, -0.15) is 5.26 Å². The first-order valence-corrected chi connectivity index (χ1v) is 12.3. The molecule has 3 heteroatoms. The highest BCUT2D eigenvalue weighted by Crippen LogP contribution is 2.65. The Labute approximate surface area is 178 Å². The first kappa shape index (κ1) is 21.0. The highest BCUT2D eigenvalue weighted by atomic mass is 14.7. The molecule has 0 amide bonds. The molecule has 160 valence electrons. The van der Waals surface area contributed by atoms with Gasteiger partial charge in [0.1, 0.15) is 6.07 Å². The third-order valence-electron chi connectivity index (χ3n) is 9.91. The standard InChI is InChI=1S/C26H41N3/c1-17-4-6-21-20(12-17)5-7-23-22(21)10-11-26(3)24(8-9-25(23)26)18(2)15-29-16-19(13-27)14-28/h13,16-18,20-25H,4-12,15,27H2,1-3H3/b19-13-,29-16?. The lowest BCUT2D eigenvalue weighted by Gasteiger charge is -2.56. The number of aliphatic imine (C=N–C) groups is 1. The second-order valence-electron chi connectivity index (χ2n) is 11.3. The van der Waals surface area contributed by atoms with E-state index < -0.39 is 0 Å². The van der Waals surface area contributed by atoms with E-state index in [0.29, 0.717) is 16.9 Å². The molecule has 0 aromatic heterocycles. The smallest absolute Gasteiger partial charge is 0.102 e. The van der Waals surface area contributed by atoms with E-state index in [4.69, 9.17) is 11.0 Å². The van der Waals surface area contributed by atoms with E-state index in [1.165, 1.54) is 64.0 Å². The molecule has 2 N–H and O–H groups in total. The van der Waals surface area contributed by atoms with Crippen molar-refractivity contribution in [1.29, 1.82) is 5.26 Å². The van der Waals surface area contributed by atoms with Crippen molar-refractivity contribution in [3.05, 3.63) is 11.8 Å². The van der Waals surface area contributed by atoms with E-state index in [1.54, 1.807) is 6.21 Å². The zero-order valence-electron chi connectivity index (χ0n) is 18.8. The lowest BCUT2D eigenvalue weighted by Crippen LogP contribution is -2.49. The molecule has 0 radical (unpaired) electrons. The van der Waals surface area contributed by atoms with Gasteiger partial charge in [-0.15, -0.1) is 0 Å². The minimum atomic E-state index is 0.465. The fourth-order valence-corrected chi connectivity index (χ4v) is 8.62. The summed E-state index contributed by atoms with van der Waals surface area (Å²) >= 11 is 0. The van der Waals surface area contributed by atoms with Crippen LogP contribution in [0.4, 0.5) is 0 Å². The lowest BCUT2D eigenvalue weighted by molar-refractivity contribution is -0.0723. The number of nitrogens with two attached hydrogens (primary N) is 1. The molecule has 29 heavy (non-hydrogen) atoms. The van der Waals surface area contributed by atoms with Gasteiger partial charge in [0.05, 0.1) is 5.57 Å². The molecule has 0 aromatic rings. The zero-order chi connectivity index (χ0) is 20.6. The first-order chi connectivity index (χ1) is 14.0. The molecule has 0 saturated heterocycles. The summed E-state index contributed by atoms with van der Waals surface area (Å²) in [6, 6.07) is 2.09. The number of hydrogen-bond acceptors (Lipinski definition) is 3. The minimum absolute atomic E-state index is 0.465. The van der Waals surface area contributed by atoms with Gasteiger partial charge >= 0.3 is 0 Å². The van der Waals surface area contributed by atoms with Gasteiger partial charge in [-0.05, 0) is 104 Å². The number of nitriles is 1. The van der Waals surface area contributed by atoms with Crippen molar-refractivity contribution in [2.24, 2.45) is 63.5 Å². The van der Waals surface area contributed by atoms with Crippen LogP contribution in [0, 0.1) is 64.1 Å². The van der Waals surface area contributed by atoms with Crippen LogP contribution in [0.2, 0.25) is 0 Å². The molecule has 4 saturated carbocycles. The molecule has 0 aromatic carbocycles. The molecule has 0 heterocycles. The third-order valence-corrected chi connectivity index (χ3v) is 9.91. The number of rotatable bonds is 4. The summed E-state index contributed by atoms with van der Waals surface area (Å²) in [7, 11) is 0.